The lowest BCUT2D eigenvalue weighted by molar-refractivity contribution is 0.120. The Labute approximate surface area is 125 Å². The third-order valence-corrected chi connectivity index (χ3v) is 4.03. The molecular formula is C15H21Cl2NO. The molecule has 106 valence electrons. The summed E-state index contributed by atoms with van der Waals surface area (Å²) in [5.74, 6) is 2.27. The Kier molecular flexibility index (Phi) is 5.37. The van der Waals surface area contributed by atoms with Crippen LogP contribution >= 0.6 is 23.2 Å². The number of likely N-dealkylation sites (tertiary alicyclic amines) is 1. The Hall–Kier alpha value is -0.440. The second-order valence-electron chi connectivity index (χ2n) is 5.63. The standard InChI is InChI=1S/C15H21Cl2NO/c1-11-7-12(2)10-18(9-11)5-6-19-15-4-3-13(16)8-14(15)17/h3-4,8,11-12H,5-7,9-10H2,1-2H3/t11-,12+. The fourth-order valence-corrected chi connectivity index (χ4v) is 3.31. The van der Waals surface area contributed by atoms with Gasteiger partial charge >= 0.3 is 0 Å². The third kappa shape index (κ3) is 4.55. The number of nitrogens with zero attached hydrogens (tertiary/aromatic N) is 1. The molecule has 0 radical (unpaired) electrons. The van der Waals surface area contributed by atoms with Crippen LogP contribution in [0.15, 0.2) is 18.2 Å². The Morgan fingerprint density at radius 3 is 2.53 bits per heavy atom. The summed E-state index contributed by atoms with van der Waals surface area (Å²) in [5, 5.41) is 1.21. The second-order valence-corrected chi connectivity index (χ2v) is 6.47. The molecular weight excluding hydrogens is 281 g/mol. The van der Waals surface area contributed by atoms with Crippen molar-refractivity contribution in [2.45, 2.75) is 20.3 Å². The first-order valence-corrected chi connectivity index (χ1v) is 7.60. The van der Waals surface area contributed by atoms with Gasteiger partial charge in [0, 0.05) is 24.7 Å². The van der Waals surface area contributed by atoms with Crippen molar-refractivity contribution in [2.24, 2.45) is 11.8 Å². The van der Waals surface area contributed by atoms with Gasteiger partial charge in [0.1, 0.15) is 12.4 Å². The van der Waals surface area contributed by atoms with Crippen molar-refractivity contribution in [1.29, 1.82) is 0 Å². The van der Waals surface area contributed by atoms with Gasteiger partial charge in [-0.25, -0.2) is 0 Å². The molecule has 1 heterocycles. The van der Waals surface area contributed by atoms with Gasteiger partial charge in [-0.2, -0.15) is 0 Å². The van der Waals surface area contributed by atoms with Crippen LogP contribution in [-0.2, 0) is 0 Å². The SMILES string of the molecule is C[C@@H]1C[C@H](C)CN(CCOc2ccc(Cl)cc2Cl)C1. The summed E-state index contributed by atoms with van der Waals surface area (Å²) in [6, 6.07) is 5.34. The van der Waals surface area contributed by atoms with Crippen LogP contribution in [0.4, 0.5) is 0 Å². The van der Waals surface area contributed by atoms with Gasteiger partial charge in [0.05, 0.1) is 5.02 Å². The number of rotatable bonds is 4. The normalized spacial score (nSPS) is 24.4. The highest BCUT2D eigenvalue weighted by molar-refractivity contribution is 6.35. The monoisotopic (exact) mass is 301 g/mol. The molecule has 1 saturated heterocycles. The molecule has 2 rings (SSSR count). The molecule has 1 aliphatic rings. The number of hydrogen-bond donors (Lipinski definition) is 0. The average molecular weight is 302 g/mol. The van der Waals surface area contributed by atoms with Crippen LogP contribution in [0.2, 0.25) is 10.0 Å². The van der Waals surface area contributed by atoms with E-state index in [1.54, 1.807) is 12.1 Å². The Balaban J connectivity index is 1.80. The molecule has 0 saturated carbocycles. The molecule has 0 bridgehead atoms. The predicted molar refractivity (Wildman–Crippen MR) is 81.3 cm³/mol. The van der Waals surface area contributed by atoms with Gasteiger partial charge in [-0.15, -0.1) is 0 Å². The largest absolute Gasteiger partial charge is 0.491 e. The number of halogens is 2. The van der Waals surface area contributed by atoms with Crippen molar-refractivity contribution in [1.82, 2.24) is 4.90 Å². The molecule has 4 heteroatoms. The Morgan fingerprint density at radius 1 is 1.21 bits per heavy atom. The first-order valence-electron chi connectivity index (χ1n) is 6.85. The number of ether oxygens (including phenoxy) is 1. The summed E-state index contributed by atoms with van der Waals surface area (Å²) in [4.78, 5) is 2.47. The first-order chi connectivity index (χ1) is 9.04. The smallest absolute Gasteiger partial charge is 0.138 e. The highest BCUT2D eigenvalue weighted by atomic mass is 35.5. The lowest BCUT2D eigenvalue weighted by Crippen LogP contribution is -2.40. The topological polar surface area (TPSA) is 12.5 Å². The molecule has 0 aliphatic carbocycles. The molecule has 0 aromatic heterocycles. The molecule has 1 fully saturated rings. The van der Waals surface area contributed by atoms with E-state index >= 15 is 0 Å². The van der Waals surface area contributed by atoms with E-state index in [9.17, 15) is 0 Å². The molecule has 0 spiro atoms. The van der Waals surface area contributed by atoms with Gasteiger partial charge in [0.15, 0.2) is 0 Å². The highest BCUT2D eigenvalue weighted by Gasteiger charge is 2.21. The Morgan fingerprint density at radius 2 is 1.89 bits per heavy atom. The van der Waals surface area contributed by atoms with Crippen molar-refractivity contribution < 1.29 is 4.74 Å². The minimum Gasteiger partial charge on any atom is -0.491 e. The molecule has 2 atom stereocenters. The van der Waals surface area contributed by atoms with Crippen LogP contribution in [0, 0.1) is 11.8 Å². The summed E-state index contributed by atoms with van der Waals surface area (Å²) in [5.41, 5.74) is 0. The van der Waals surface area contributed by atoms with E-state index < -0.39 is 0 Å². The van der Waals surface area contributed by atoms with Crippen molar-refractivity contribution >= 4 is 23.2 Å². The van der Waals surface area contributed by atoms with Gasteiger partial charge < -0.3 is 4.74 Å². The lowest BCUT2D eigenvalue weighted by Gasteiger charge is -2.34. The second kappa shape index (κ2) is 6.83. The van der Waals surface area contributed by atoms with E-state index in [1.807, 2.05) is 6.07 Å². The molecule has 2 nitrogen and oxygen atoms in total. The Bertz CT molecular complexity index is 415. The number of benzene rings is 1. The van der Waals surface area contributed by atoms with Gasteiger partial charge in [-0.1, -0.05) is 37.0 Å². The molecule has 1 aliphatic heterocycles. The molecule has 19 heavy (non-hydrogen) atoms. The van der Waals surface area contributed by atoms with Crippen LogP contribution in [0.1, 0.15) is 20.3 Å². The van der Waals surface area contributed by atoms with Crippen LogP contribution in [0.3, 0.4) is 0 Å². The van der Waals surface area contributed by atoms with Crippen molar-refractivity contribution in [3.8, 4) is 5.75 Å². The average Bonchev–Trinajstić information content (AvgIpc) is 2.30. The summed E-state index contributed by atoms with van der Waals surface area (Å²) < 4.78 is 5.73. The van der Waals surface area contributed by atoms with Crippen molar-refractivity contribution in [3.05, 3.63) is 28.2 Å². The maximum Gasteiger partial charge on any atom is 0.138 e. The van der Waals surface area contributed by atoms with Gasteiger partial charge in [0.25, 0.3) is 0 Å². The van der Waals surface area contributed by atoms with E-state index in [4.69, 9.17) is 27.9 Å². The van der Waals surface area contributed by atoms with Crippen LogP contribution in [0.25, 0.3) is 0 Å². The maximum atomic E-state index is 6.07. The quantitative estimate of drug-likeness (QED) is 0.820. The van der Waals surface area contributed by atoms with Crippen LogP contribution in [0.5, 0.6) is 5.75 Å². The van der Waals surface area contributed by atoms with Gasteiger partial charge in [-0.3, -0.25) is 4.90 Å². The van der Waals surface area contributed by atoms with E-state index in [0.717, 1.165) is 18.4 Å². The minimum absolute atomic E-state index is 0.577. The highest BCUT2D eigenvalue weighted by Crippen LogP contribution is 2.27. The maximum absolute atomic E-state index is 6.07. The molecule has 1 aromatic rings. The van der Waals surface area contributed by atoms with Gasteiger partial charge in [-0.05, 0) is 36.5 Å². The molecule has 0 unspecified atom stereocenters. The summed E-state index contributed by atoms with van der Waals surface area (Å²) in [6.45, 7) is 8.59. The van der Waals surface area contributed by atoms with E-state index in [2.05, 4.69) is 18.7 Å². The zero-order valence-corrected chi connectivity index (χ0v) is 13.0. The molecule has 1 aromatic carbocycles. The zero-order valence-electron chi connectivity index (χ0n) is 11.5. The third-order valence-electron chi connectivity index (χ3n) is 3.50. The van der Waals surface area contributed by atoms with Crippen molar-refractivity contribution in [2.75, 3.05) is 26.2 Å². The fourth-order valence-electron chi connectivity index (χ4n) is 2.85. The summed E-state index contributed by atoms with van der Waals surface area (Å²) in [7, 11) is 0. The van der Waals surface area contributed by atoms with Crippen LogP contribution < -0.4 is 4.74 Å². The lowest BCUT2D eigenvalue weighted by atomic mass is 9.92. The zero-order chi connectivity index (χ0) is 13.8. The van der Waals surface area contributed by atoms with Gasteiger partial charge in [0.2, 0.25) is 0 Å². The first kappa shape index (κ1) is 15.0. The van der Waals surface area contributed by atoms with E-state index in [-0.39, 0.29) is 0 Å². The van der Waals surface area contributed by atoms with Crippen LogP contribution in [-0.4, -0.2) is 31.1 Å². The number of piperidine rings is 1. The fraction of sp³-hybridized carbons (Fsp3) is 0.600. The number of hydrogen-bond acceptors (Lipinski definition) is 2. The summed E-state index contributed by atoms with van der Waals surface area (Å²) >= 11 is 11.9. The van der Waals surface area contributed by atoms with Crippen molar-refractivity contribution in [3.63, 3.8) is 0 Å². The molecule has 0 amide bonds. The minimum atomic E-state index is 0.577. The van der Waals surface area contributed by atoms with E-state index in [1.165, 1.54) is 19.5 Å². The van der Waals surface area contributed by atoms with E-state index in [0.29, 0.717) is 22.4 Å². The predicted octanol–water partition coefficient (Wildman–Crippen LogP) is 4.35. The molecule has 0 N–H and O–H groups in total. The summed E-state index contributed by atoms with van der Waals surface area (Å²) in [6.07, 6.45) is 1.33.